The summed E-state index contributed by atoms with van der Waals surface area (Å²) in [4.78, 5) is 5.42. The molecule has 0 amide bonds. The summed E-state index contributed by atoms with van der Waals surface area (Å²) in [6.07, 6.45) is 1.31. The van der Waals surface area contributed by atoms with Crippen molar-refractivity contribution < 1.29 is 0 Å². The number of likely N-dealkylation sites (tertiary alicyclic amines) is 1. The third-order valence-electron chi connectivity index (χ3n) is 6.03. The van der Waals surface area contributed by atoms with Gasteiger partial charge in [0.05, 0.1) is 6.04 Å². The highest BCUT2D eigenvalue weighted by atomic mass is 15.3. The van der Waals surface area contributed by atoms with Crippen LogP contribution in [0.1, 0.15) is 23.6 Å². The third-order valence-corrected chi connectivity index (χ3v) is 6.03. The topological polar surface area (TPSA) is 18.5 Å². The Kier molecular flexibility index (Phi) is 3.66. The molecule has 24 heavy (non-hydrogen) atoms. The Bertz CT molecular complexity index is 690. The van der Waals surface area contributed by atoms with Gasteiger partial charge in [0.15, 0.2) is 0 Å². The first-order chi connectivity index (χ1) is 11.9. The third kappa shape index (κ3) is 2.31. The highest BCUT2D eigenvalue weighted by Crippen LogP contribution is 2.47. The summed E-state index contributed by atoms with van der Waals surface area (Å²) in [7, 11) is 0. The van der Waals surface area contributed by atoms with E-state index in [9.17, 15) is 0 Å². The first-order valence-electron chi connectivity index (χ1n) is 9.29. The molecule has 5 rings (SSSR count). The van der Waals surface area contributed by atoms with E-state index in [4.69, 9.17) is 0 Å². The molecular weight excluding hydrogens is 294 g/mol. The van der Waals surface area contributed by atoms with Crippen molar-refractivity contribution in [2.24, 2.45) is 0 Å². The van der Waals surface area contributed by atoms with E-state index in [1.165, 1.54) is 54.9 Å². The van der Waals surface area contributed by atoms with Crippen LogP contribution >= 0.6 is 0 Å². The Morgan fingerprint density at radius 1 is 0.750 bits per heavy atom. The predicted octanol–water partition coefficient (Wildman–Crippen LogP) is 2.74. The van der Waals surface area contributed by atoms with Gasteiger partial charge >= 0.3 is 0 Å². The van der Waals surface area contributed by atoms with E-state index in [2.05, 4.69) is 63.6 Å². The quantitative estimate of drug-likeness (QED) is 0.918. The Labute approximate surface area is 144 Å². The molecule has 1 atom stereocenters. The van der Waals surface area contributed by atoms with Gasteiger partial charge in [-0.2, -0.15) is 0 Å². The second kappa shape index (κ2) is 5.99. The molecular formula is C21H25N3. The molecule has 2 aliphatic heterocycles. The zero-order valence-electron chi connectivity index (χ0n) is 14.1. The number of rotatable bonds is 2. The minimum Gasteiger partial charge on any atom is -0.314 e. The van der Waals surface area contributed by atoms with Crippen LogP contribution in [0.15, 0.2) is 48.5 Å². The molecule has 2 heterocycles. The minimum atomic E-state index is 0.449. The van der Waals surface area contributed by atoms with Crippen LogP contribution in [0.2, 0.25) is 0 Å². The molecule has 2 fully saturated rings. The molecule has 0 spiro atoms. The van der Waals surface area contributed by atoms with E-state index in [0.717, 1.165) is 19.1 Å². The van der Waals surface area contributed by atoms with Crippen LogP contribution < -0.4 is 5.32 Å². The fraction of sp³-hybridized carbons (Fsp3) is 0.429. The molecule has 124 valence electrons. The highest BCUT2D eigenvalue weighted by Gasteiger charge is 2.37. The van der Waals surface area contributed by atoms with E-state index in [1.54, 1.807) is 0 Å². The molecule has 1 N–H and O–H groups in total. The van der Waals surface area contributed by atoms with Gasteiger partial charge in [-0.1, -0.05) is 48.5 Å². The zero-order chi connectivity index (χ0) is 15.9. The Morgan fingerprint density at radius 3 is 2.04 bits per heavy atom. The van der Waals surface area contributed by atoms with Gasteiger partial charge in [-0.05, 0) is 28.7 Å². The maximum atomic E-state index is 3.48. The van der Waals surface area contributed by atoms with Crippen molar-refractivity contribution >= 4 is 0 Å². The Balaban J connectivity index is 1.45. The lowest BCUT2D eigenvalue weighted by Crippen LogP contribution is -2.49. The van der Waals surface area contributed by atoms with Gasteiger partial charge in [0.2, 0.25) is 0 Å². The fourth-order valence-corrected chi connectivity index (χ4v) is 4.87. The van der Waals surface area contributed by atoms with Crippen LogP contribution in [-0.4, -0.2) is 55.1 Å². The number of hydrogen-bond donors (Lipinski definition) is 1. The van der Waals surface area contributed by atoms with E-state index in [-0.39, 0.29) is 0 Å². The first kappa shape index (κ1) is 14.6. The lowest BCUT2D eigenvalue weighted by Gasteiger charge is -2.33. The number of piperazine rings is 1. The lowest BCUT2D eigenvalue weighted by molar-refractivity contribution is 0.166. The fourth-order valence-electron chi connectivity index (χ4n) is 4.87. The summed E-state index contributed by atoms with van der Waals surface area (Å²) < 4.78 is 0. The molecule has 0 saturated carbocycles. The number of nitrogens with zero attached hydrogens (tertiary/aromatic N) is 2. The normalized spacial score (nSPS) is 24.9. The molecule has 2 aromatic rings. The van der Waals surface area contributed by atoms with Gasteiger partial charge in [0, 0.05) is 45.3 Å². The van der Waals surface area contributed by atoms with Crippen molar-refractivity contribution in [2.75, 3.05) is 39.3 Å². The van der Waals surface area contributed by atoms with Gasteiger partial charge in [-0.3, -0.25) is 9.80 Å². The molecule has 2 saturated heterocycles. The van der Waals surface area contributed by atoms with Crippen LogP contribution in [0.4, 0.5) is 0 Å². The monoisotopic (exact) mass is 319 g/mol. The molecule has 3 aliphatic rings. The molecule has 0 bridgehead atoms. The number of benzene rings is 2. The summed E-state index contributed by atoms with van der Waals surface area (Å²) in [5, 5.41) is 3.48. The van der Waals surface area contributed by atoms with Gasteiger partial charge in [-0.25, -0.2) is 0 Å². The van der Waals surface area contributed by atoms with Crippen LogP contribution in [0, 0.1) is 0 Å². The van der Waals surface area contributed by atoms with Crippen molar-refractivity contribution in [1.29, 1.82) is 0 Å². The van der Waals surface area contributed by atoms with E-state index in [0.29, 0.717) is 6.04 Å². The van der Waals surface area contributed by atoms with Crippen LogP contribution in [0.5, 0.6) is 0 Å². The average Bonchev–Trinajstić information content (AvgIpc) is 3.25. The van der Waals surface area contributed by atoms with Crippen LogP contribution in [0.25, 0.3) is 11.1 Å². The highest BCUT2D eigenvalue weighted by molar-refractivity contribution is 5.78. The maximum absolute atomic E-state index is 3.48. The summed E-state index contributed by atoms with van der Waals surface area (Å²) >= 11 is 0. The Hall–Kier alpha value is -1.68. The largest absolute Gasteiger partial charge is 0.314 e. The lowest BCUT2D eigenvalue weighted by atomic mass is 10.0. The molecule has 0 radical (unpaired) electrons. The SMILES string of the molecule is c1ccc2c(c1)-c1ccccc1C2N1CCC(N2CCNCC2)C1. The smallest absolute Gasteiger partial charge is 0.0614 e. The minimum absolute atomic E-state index is 0.449. The summed E-state index contributed by atoms with van der Waals surface area (Å²) in [5.41, 5.74) is 5.87. The summed E-state index contributed by atoms with van der Waals surface area (Å²) in [6.45, 7) is 7.11. The molecule has 3 nitrogen and oxygen atoms in total. The zero-order valence-corrected chi connectivity index (χ0v) is 14.1. The second-order valence-electron chi connectivity index (χ2n) is 7.30. The standard InChI is InChI=1S/C21H25N3/c1-3-7-19-17(5-1)18-6-2-4-8-20(18)21(19)24-12-9-16(15-24)23-13-10-22-11-14-23/h1-8,16,21-22H,9-15H2. The predicted molar refractivity (Wildman–Crippen MR) is 98.1 cm³/mol. The number of hydrogen-bond acceptors (Lipinski definition) is 3. The van der Waals surface area contributed by atoms with Crippen molar-refractivity contribution in [3.8, 4) is 11.1 Å². The van der Waals surface area contributed by atoms with Gasteiger partial charge in [0.25, 0.3) is 0 Å². The van der Waals surface area contributed by atoms with Crippen molar-refractivity contribution in [1.82, 2.24) is 15.1 Å². The molecule has 1 unspecified atom stereocenters. The number of fused-ring (bicyclic) bond motifs is 3. The molecule has 2 aromatic carbocycles. The van der Waals surface area contributed by atoms with E-state index < -0.39 is 0 Å². The summed E-state index contributed by atoms with van der Waals surface area (Å²) in [6, 6.07) is 19.2. The van der Waals surface area contributed by atoms with Gasteiger partial charge < -0.3 is 5.32 Å². The van der Waals surface area contributed by atoms with Crippen molar-refractivity contribution in [3.05, 3.63) is 59.7 Å². The van der Waals surface area contributed by atoms with Crippen molar-refractivity contribution in [2.45, 2.75) is 18.5 Å². The molecule has 3 heteroatoms. The van der Waals surface area contributed by atoms with Crippen LogP contribution in [0.3, 0.4) is 0 Å². The van der Waals surface area contributed by atoms with Crippen LogP contribution in [-0.2, 0) is 0 Å². The molecule has 1 aliphatic carbocycles. The Morgan fingerprint density at radius 2 is 1.38 bits per heavy atom. The second-order valence-corrected chi connectivity index (χ2v) is 7.30. The van der Waals surface area contributed by atoms with Gasteiger partial charge in [0.1, 0.15) is 0 Å². The summed E-state index contributed by atoms with van der Waals surface area (Å²) in [5.74, 6) is 0. The maximum Gasteiger partial charge on any atom is 0.0614 e. The van der Waals surface area contributed by atoms with Crippen molar-refractivity contribution in [3.63, 3.8) is 0 Å². The molecule has 0 aromatic heterocycles. The first-order valence-corrected chi connectivity index (χ1v) is 9.29. The average molecular weight is 319 g/mol. The van der Waals surface area contributed by atoms with E-state index >= 15 is 0 Å². The number of nitrogens with one attached hydrogen (secondary N) is 1. The van der Waals surface area contributed by atoms with E-state index in [1.807, 2.05) is 0 Å². The van der Waals surface area contributed by atoms with Gasteiger partial charge in [-0.15, -0.1) is 0 Å².